The smallest absolute Gasteiger partial charge is 0.0834 e. The molecule has 1 unspecified atom stereocenters. The molecule has 0 aliphatic rings. The van der Waals surface area contributed by atoms with Gasteiger partial charge in [-0.1, -0.05) is 18.5 Å². The maximum absolute atomic E-state index is 6.40. The summed E-state index contributed by atoms with van der Waals surface area (Å²) in [5.41, 5.74) is 2.42. The third kappa shape index (κ3) is 4.54. The van der Waals surface area contributed by atoms with Gasteiger partial charge in [-0.05, 0) is 49.5 Å². The van der Waals surface area contributed by atoms with E-state index in [2.05, 4.69) is 53.2 Å². The van der Waals surface area contributed by atoms with Crippen LogP contribution in [-0.2, 0) is 13.0 Å². The van der Waals surface area contributed by atoms with Crippen LogP contribution >= 0.6 is 22.9 Å². The number of halogens is 1. The largest absolute Gasteiger partial charge is 0.309 e. The first-order chi connectivity index (χ1) is 10.1. The van der Waals surface area contributed by atoms with E-state index in [4.69, 9.17) is 11.6 Å². The van der Waals surface area contributed by atoms with Gasteiger partial charge in [0, 0.05) is 6.54 Å². The average Bonchev–Trinajstić information content (AvgIpc) is 3.05. The molecule has 2 aromatic heterocycles. The number of thiophene rings is 1. The molecule has 2 aromatic rings. The lowest BCUT2D eigenvalue weighted by Gasteiger charge is -2.20. The van der Waals surface area contributed by atoms with Gasteiger partial charge in [0.05, 0.1) is 29.5 Å². The second-order valence-electron chi connectivity index (χ2n) is 5.35. The first-order valence-corrected chi connectivity index (χ1v) is 8.54. The Morgan fingerprint density at radius 3 is 2.90 bits per heavy atom. The molecular formula is C15H23ClN4S. The van der Waals surface area contributed by atoms with Crippen molar-refractivity contribution in [2.45, 2.75) is 25.9 Å². The number of rotatable bonds is 8. The number of hydrogen-bond acceptors (Lipinski definition) is 4. The zero-order chi connectivity index (χ0) is 15.2. The maximum atomic E-state index is 6.40. The zero-order valence-electron chi connectivity index (χ0n) is 12.8. The van der Waals surface area contributed by atoms with Gasteiger partial charge in [-0.15, -0.1) is 0 Å². The lowest BCUT2D eigenvalue weighted by Crippen LogP contribution is -2.28. The first-order valence-electron chi connectivity index (χ1n) is 7.22. The minimum absolute atomic E-state index is 0.196. The van der Waals surface area contributed by atoms with Crippen molar-refractivity contribution in [3.63, 3.8) is 0 Å². The fourth-order valence-corrected chi connectivity index (χ4v) is 3.30. The van der Waals surface area contributed by atoms with Crippen LogP contribution in [0.5, 0.6) is 0 Å². The average molecular weight is 327 g/mol. The normalized spacial score (nSPS) is 13.0. The van der Waals surface area contributed by atoms with Crippen LogP contribution in [0.15, 0.2) is 23.0 Å². The third-order valence-electron chi connectivity index (χ3n) is 3.39. The summed E-state index contributed by atoms with van der Waals surface area (Å²) in [6.07, 6.45) is 2.69. The van der Waals surface area contributed by atoms with Crippen LogP contribution in [0.2, 0.25) is 5.02 Å². The summed E-state index contributed by atoms with van der Waals surface area (Å²) >= 11 is 8.13. The molecule has 0 aliphatic carbocycles. The molecule has 6 heteroatoms. The summed E-state index contributed by atoms with van der Waals surface area (Å²) in [5.74, 6) is 0. The molecule has 0 radical (unpaired) electrons. The Morgan fingerprint density at radius 1 is 1.48 bits per heavy atom. The highest BCUT2D eigenvalue weighted by Gasteiger charge is 2.20. The van der Waals surface area contributed by atoms with E-state index < -0.39 is 0 Å². The van der Waals surface area contributed by atoms with E-state index in [1.165, 1.54) is 5.56 Å². The summed E-state index contributed by atoms with van der Waals surface area (Å²) in [5, 5.41) is 13.0. The second-order valence-corrected chi connectivity index (χ2v) is 6.54. The molecule has 0 amide bonds. The number of aromatic nitrogens is 2. The molecule has 4 nitrogen and oxygen atoms in total. The Balaban J connectivity index is 2.20. The van der Waals surface area contributed by atoms with E-state index >= 15 is 0 Å². The van der Waals surface area contributed by atoms with Crippen molar-refractivity contribution in [2.24, 2.45) is 0 Å². The minimum Gasteiger partial charge on any atom is -0.309 e. The molecule has 2 rings (SSSR count). The van der Waals surface area contributed by atoms with Gasteiger partial charge in [0.2, 0.25) is 0 Å². The molecule has 0 saturated heterocycles. The van der Waals surface area contributed by atoms with Crippen molar-refractivity contribution < 1.29 is 0 Å². The summed E-state index contributed by atoms with van der Waals surface area (Å²) in [6, 6.07) is 2.37. The fourth-order valence-electron chi connectivity index (χ4n) is 2.35. The van der Waals surface area contributed by atoms with Gasteiger partial charge in [-0.25, -0.2) is 0 Å². The van der Waals surface area contributed by atoms with Crippen molar-refractivity contribution in [3.05, 3.63) is 39.3 Å². The Bertz CT molecular complexity index is 536. The topological polar surface area (TPSA) is 33.1 Å². The van der Waals surface area contributed by atoms with E-state index in [-0.39, 0.29) is 6.04 Å². The lowest BCUT2D eigenvalue weighted by molar-refractivity contribution is 0.362. The Kier molecular flexibility index (Phi) is 6.23. The van der Waals surface area contributed by atoms with Gasteiger partial charge in [-0.3, -0.25) is 4.68 Å². The maximum Gasteiger partial charge on any atom is 0.0834 e. The monoisotopic (exact) mass is 326 g/mol. The zero-order valence-corrected chi connectivity index (χ0v) is 14.4. The van der Waals surface area contributed by atoms with Crippen LogP contribution in [-0.4, -0.2) is 41.9 Å². The van der Waals surface area contributed by atoms with E-state index in [9.17, 15) is 0 Å². The quantitative estimate of drug-likeness (QED) is 0.809. The Labute approximate surface area is 135 Å². The SMILES string of the molecule is CCNC(Cc1ccsc1)c1c(Cl)cnn1CCN(C)C. The van der Waals surface area contributed by atoms with E-state index in [0.717, 1.165) is 36.8 Å². The molecular weight excluding hydrogens is 304 g/mol. The van der Waals surface area contributed by atoms with E-state index in [1.54, 1.807) is 17.5 Å². The molecule has 1 N–H and O–H groups in total. The van der Waals surface area contributed by atoms with Crippen LogP contribution in [0.25, 0.3) is 0 Å². The molecule has 0 saturated carbocycles. The Morgan fingerprint density at radius 2 is 2.29 bits per heavy atom. The molecule has 1 atom stereocenters. The predicted octanol–water partition coefficient (Wildman–Crippen LogP) is 3.05. The molecule has 21 heavy (non-hydrogen) atoms. The highest BCUT2D eigenvalue weighted by atomic mass is 35.5. The summed E-state index contributed by atoms with van der Waals surface area (Å²) in [4.78, 5) is 2.15. The summed E-state index contributed by atoms with van der Waals surface area (Å²) in [6.45, 7) is 4.82. The molecule has 116 valence electrons. The number of nitrogens with one attached hydrogen (secondary N) is 1. The summed E-state index contributed by atoms with van der Waals surface area (Å²) < 4.78 is 2.03. The van der Waals surface area contributed by atoms with E-state index in [1.807, 2.05) is 4.68 Å². The summed E-state index contributed by atoms with van der Waals surface area (Å²) in [7, 11) is 4.13. The predicted molar refractivity (Wildman–Crippen MR) is 90.2 cm³/mol. The number of hydrogen-bond donors (Lipinski definition) is 1. The van der Waals surface area contributed by atoms with Gasteiger partial charge >= 0.3 is 0 Å². The second kappa shape index (κ2) is 7.94. The van der Waals surface area contributed by atoms with Crippen LogP contribution in [0.3, 0.4) is 0 Å². The minimum atomic E-state index is 0.196. The van der Waals surface area contributed by atoms with Crippen molar-refractivity contribution >= 4 is 22.9 Å². The molecule has 2 heterocycles. The van der Waals surface area contributed by atoms with Gasteiger partial charge in [0.25, 0.3) is 0 Å². The highest BCUT2D eigenvalue weighted by molar-refractivity contribution is 7.07. The molecule has 0 aliphatic heterocycles. The number of nitrogens with zero attached hydrogens (tertiary/aromatic N) is 3. The molecule has 0 aromatic carbocycles. The van der Waals surface area contributed by atoms with E-state index in [0.29, 0.717) is 0 Å². The fraction of sp³-hybridized carbons (Fsp3) is 0.533. The van der Waals surface area contributed by atoms with Crippen molar-refractivity contribution in [1.29, 1.82) is 0 Å². The van der Waals surface area contributed by atoms with Crippen molar-refractivity contribution in [1.82, 2.24) is 20.0 Å². The van der Waals surface area contributed by atoms with Gasteiger partial charge in [0.15, 0.2) is 0 Å². The molecule has 0 spiro atoms. The van der Waals surface area contributed by atoms with Crippen molar-refractivity contribution in [3.8, 4) is 0 Å². The highest BCUT2D eigenvalue weighted by Crippen LogP contribution is 2.26. The number of likely N-dealkylation sites (N-methyl/N-ethyl adjacent to an activating group) is 2. The van der Waals surface area contributed by atoms with Gasteiger partial charge in [-0.2, -0.15) is 16.4 Å². The van der Waals surface area contributed by atoms with Gasteiger partial charge < -0.3 is 10.2 Å². The standard InChI is InChI=1S/C15H23ClN4S/c1-4-17-14(9-12-5-8-21-11-12)15-13(16)10-18-20(15)7-6-19(2)3/h5,8,10-11,14,17H,4,6-7,9H2,1-3H3. The molecule has 0 fully saturated rings. The van der Waals surface area contributed by atoms with Crippen molar-refractivity contribution in [2.75, 3.05) is 27.2 Å². The lowest BCUT2D eigenvalue weighted by atomic mass is 10.1. The Hall–Kier alpha value is -0.880. The molecule has 0 bridgehead atoms. The third-order valence-corrected chi connectivity index (χ3v) is 4.42. The van der Waals surface area contributed by atoms with Crippen LogP contribution in [0.4, 0.5) is 0 Å². The first kappa shape index (κ1) is 16.5. The van der Waals surface area contributed by atoms with Gasteiger partial charge in [0.1, 0.15) is 0 Å². The van der Waals surface area contributed by atoms with Crippen LogP contribution in [0.1, 0.15) is 24.2 Å². The van der Waals surface area contributed by atoms with Crippen LogP contribution < -0.4 is 5.32 Å². The van der Waals surface area contributed by atoms with Crippen LogP contribution in [0, 0.1) is 0 Å².